The average Bonchev–Trinajstić information content (AvgIpc) is 2.44. The summed E-state index contributed by atoms with van der Waals surface area (Å²) >= 11 is 3.64. The topological polar surface area (TPSA) is 9.23 Å². The monoisotopic (exact) mass is 226 g/mol. The van der Waals surface area contributed by atoms with Crippen molar-refractivity contribution in [3.05, 3.63) is 35.4 Å². The van der Waals surface area contributed by atoms with E-state index in [0.717, 1.165) is 6.42 Å². The molecule has 0 unspecified atom stereocenters. The van der Waals surface area contributed by atoms with Crippen LogP contribution in [0.15, 0.2) is 24.3 Å². The second-order valence-electron chi connectivity index (χ2n) is 3.08. The van der Waals surface area contributed by atoms with Gasteiger partial charge in [0.05, 0.1) is 10.9 Å². The molecule has 1 nitrogen and oxygen atoms in total. The lowest BCUT2D eigenvalue weighted by molar-refractivity contribution is 0.111. The van der Waals surface area contributed by atoms with E-state index in [1.54, 1.807) is 7.11 Å². The number of methoxy groups -OCH3 is 1. The molecule has 0 N–H and O–H groups in total. The Bertz CT molecular complexity index is 285. The highest BCUT2D eigenvalue weighted by atomic mass is 79.9. The number of alkyl halides is 1. The van der Waals surface area contributed by atoms with Crippen LogP contribution in [0.5, 0.6) is 0 Å². The number of hydrogen-bond donors (Lipinski definition) is 0. The zero-order valence-corrected chi connectivity index (χ0v) is 8.54. The van der Waals surface area contributed by atoms with Crippen LogP contribution in [-0.4, -0.2) is 13.2 Å². The SMILES string of the molecule is CO[C@H]1Cc2ccccc2[C@@H]1Br. The number of halogens is 1. The average molecular weight is 227 g/mol. The largest absolute Gasteiger partial charge is 0.380 e. The van der Waals surface area contributed by atoms with Gasteiger partial charge >= 0.3 is 0 Å². The zero-order chi connectivity index (χ0) is 8.55. The van der Waals surface area contributed by atoms with Gasteiger partial charge in [-0.3, -0.25) is 0 Å². The Hall–Kier alpha value is -0.340. The molecule has 2 atom stereocenters. The van der Waals surface area contributed by atoms with Crippen molar-refractivity contribution in [2.45, 2.75) is 17.4 Å². The summed E-state index contributed by atoms with van der Waals surface area (Å²) in [5, 5.41) is 0. The van der Waals surface area contributed by atoms with Crippen LogP contribution < -0.4 is 0 Å². The van der Waals surface area contributed by atoms with E-state index in [1.807, 2.05) is 0 Å². The lowest BCUT2D eigenvalue weighted by Crippen LogP contribution is -2.11. The highest BCUT2D eigenvalue weighted by molar-refractivity contribution is 9.09. The maximum atomic E-state index is 5.36. The highest BCUT2D eigenvalue weighted by Crippen LogP contribution is 2.38. The molecule has 1 aliphatic rings. The molecule has 1 aromatic carbocycles. The minimum atomic E-state index is 0.308. The second-order valence-corrected chi connectivity index (χ2v) is 4.07. The van der Waals surface area contributed by atoms with E-state index in [4.69, 9.17) is 4.74 Å². The minimum Gasteiger partial charge on any atom is -0.380 e. The molecule has 0 bridgehead atoms. The second kappa shape index (κ2) is 3.19. The van der Waals surface area contributed by atoms with Gasteiger partial charge in [0.15, 0.2) is 0 Å². The van der Waals surface area contributed by atoms with Crippen LogP contribution >= 0.6 is 15.9 Å². The lowest BCUT2D eigenvalue weighted by atomic mass is 10.1. The van der Waals surface area contributed by atoms with Gasteiger partial charge in [-0.05, 0) is 11.1 Å². The Kier molecular flexibility index (Phi) is 2.20. The first-order chi connectivity index (χ1) is 5.83. The summed E-state index contributed by atoms with van der Waals surface area (Å²) in [7, 11) is 1.77. The summed E-state index contributed by atoms with van der Waals surface area (Å²) in [5.74, 6) is 0. The molecule has 0 aromatic heterocycles. The molecule has 1 aliphatic carbocycles. The van der Waals surface area contributed by atoms with Gasteiger partial charge in [-0.1, -0.05) is 40.2 Å². The molecule has 0 saturated carbocycles. The van der Waals surface area contributed by atoms with Gasteiger partial charge < -0.3 is 4.74 Å². The van der Waals surface area contributed by atoms with Crippen molar-refractivity contribution in [2.24, 2.45) is 0 Å². The first-order valence-corrected chi connectivity index (χ1v) is 4.99. The number of ether oxygens (including phenoxy) is 1. The van der Waals surface area contributed by atoms with E-state index in [1.165, 1.54) is 11.1 Å². The zero-order valence-electron chi connectivity index (χ0n) is 6.96. The maximum Gasteiger partial charge on any atom is 0.0777 e. The van der Waals surface area contributed by atoms with Gasteiger partial charge in [0.2, 0.25) is 0 Å². The van der Waals surface area contributed by atoms with Crippen LogP contribution in [0.2, 0.25) is 0 Å². The third-order valence-corrected chi connectivity index (χ3v) is 3.49. The molecule has 0 amide bonds. The van der Waals surface area contributed by atoms with E-state index >= 15 is 0 Å². The van der Waals surface area contributed by atoms with Gasteiger partial charge in [-0.15, -0.1) is 0 Å². The molecule has 0 saturated heterocycles. The summed E-state index contributed by atoms with van der Waals surface area (Å²) < 4.78 is 5.36. The van der Waals surface area contributed by atoms with E-state index < -0.39 is 0 Å². The van der Waals surface area contributed by atoms with Crippen molar-refractivity contribution in [3.8, 4) is 0 Å². The molecule has 1 aromatic rings. The summed E-state index contributed by atoms with van der Waals surface area (Å²) in [4.78, 5) is 0.374. The Labute approximate surface area is 80.9 Å². The molecule has 0 fully saturated rings. The first-order valence-electron chi connectivity index (χ1n) is 4.07. The van der Waals surface area contributed by atoms with E-state index in [9.17, 15) is 0 Å². The van der Waals surface area contributed by atoms with Crippen molar-refractivity contribution in [3.63, 3.8) is 0 Å². The van der Waals surface area contributed by atoms with Gasteiger partial charge in [-0.25, -0.2) is 0 Å². The van der Waals surface area contributed by atoms with Crippen LogP contribution in [0.3, 0.4) is 0 Å². The van der Waals surface area contributed by atoms with Crippen molar-refractivity contribution in [2.75, 3.05) is 7.11 Å². The first kappa shape index (κ1) is 8.27. The minimum absolute atomic E-state index is 0.308. The van der Waals surface area contributed by atoms with Gasteiger partial charge in [0, 0.05) is 13.5 Å². The van der Waals surface area contributed by atoms with E-state index in [2.05, 4.69) is 40.2 Å². The number of benzene rings is 1. The predicted molar refractivity (Wildman–Crippen MR) is 52.6 cm³/mol. The molecule has 0 spiro atoms. The van der Waals surface area contributed by atoms with Crippen LogP contribution in [-0.2, 0) is 11.2 Å². The fraction of sp³-hybridized carbons (Fsp3) is 0.400. The molecular weight excluding hydrogens is 216 g/mol. The molecule has 2 heteroatoms. The Morgan fingerprint density at radius 1 is 1.42 bits per heavy atom. The molecule has 12 heavy (non-hydrogen) atoms. The summed E-state index contributed by atoms with van der Waals surface area (Å²) in [5.41, 5.74) is 2.79. The highest BCUT2D eigenvalue weighted by Gasteiger charge is 2.29. The fourth-order valence-electron chi connectivity index (χ4n) is 1.71. The number of fused-ring (bicyclic) bond motifs is 1. The standard InChI is InChI=1S/C10H11BrO/c1-12-9-6-7-4-2-3-5-8(7)10(9)11/h2-5,9-10H,6H2,1H3/t9-,10-/m0/s1. The number of hydrogen-bond acceptors (Lipinski definition) is 1. The molecule has 0 heterocycles. The van der Waals surface area contributed by atoms with Crippen molar-refractivity contribution >= 4 is 15.9 Å². The smallest absolute Gasteiger partial charge is 0.0777 e. The quantitative estimate of drug-likeness (QED) is 0.670. The van der Waals surface area contributed by atoms with Crippen LogP contribution in [0.1, 0.15) is 16.0 Å². The Morgan fingerprint density at radius 3 is 2.83 bits per heavy atom. The number of rotatable bonds is 1. The van der Waals surface area contributed by atoms with Gasteiger partial charge in [0.1, 0.15) is 0 Å². The molecule has 0 aliphatic heterocycles. The summed E-state index contributed by atoms with van der Waals surface area (Å²) in [6.07, 6.45) is 1.34. The van der Waals surface area contributed by atoms with E-state index in [-0.39, 0.29) is 0 Å². The predicted octanol–water partition coefficient (Wildman–Crippen LogP) is 2.69. The van der Waals surface area contributed by atoms with Crippen LogP contribution in [0.25, 0.3) is 0 Å². The van der Waals surface area contributed by atoms with Gasteiger partial charge in [-0.2, -0.15) is 0 Å². The normalized spacial score (nSPS) is 27.2. The third kappa shape index (κ3) is 1.19. The van der Waals surface area contributed by atoms with Crippen molar-refractivity contribution < 1.29 is 4.74 Å². The third-order valence-electron chi connectivity index (χ3n) is 2.40. The van der Waals surface area contributed by atoms with Gasteiger partial charge in [0.25, 0.3) is 0 Å². The molecule has 64 valence electrons. The Morgan fingerprint density at radius 2 is 2.17 bits per heavy atom. The van der Waals surface area contributed by atoms with Crippen molar-refractivity contribution in [1.29, 1.82) is 0 Å². The maximum absolute atomic E-state index is 5.36. The van der Waals surface area contributed by atoms with Crippen molar-refractivity contribution in [1.82, 2.24) is 0 Å². The Balaban J connectivity index is 2.35. The molecule has 0 radical (unpaired) electrons. The van der Waals surface area contributed by atoms with Crippen LogP contribution in [0, 0.1) is 0 Å². The lowest BCUT2D eigenvalue weighted by Gasteiger charge is -2.11. The van der Waals surface area contributed by atoms with E-state index in [0.29, 0.717) is 10.9 Å². The summed E-state index contributed by atoms with van der Waals surface area (Å²) in [6.45, 7) is 0. The molecule has 2 rings (SSSR count). The summed E-state index contributed by atoms with van der Waals surface area (Å²) in [6, 6.07) is 8.48. The fourth-order valence-corrected chi connectivity index (χ4v) is 2.56. The van der Waals surface area contributed by atoms with Crippen LogP contribution in [0.4, 0.5) is 0 Å². The molecular formula is C10H11BrO.